The molecule has 0 saturated carbocycles. The molecule has 0 bridgehead atoms. The van der Waals surface area contributed by atoms with Crippen LogP contribution in [0.25, 0.3) is 0 Å². The van der Waals surface area contributed by atoms with Crippen molar-refractivity contribution >= 4 is 17.3 Å². The topological polar surface area (TPSA) is 73.6 Å². The molecule has 1 aromatic carbocycles. The minimum Gasteiger partial charge on any atom is -0.497 e. The maximum Gasteiger partial charge on any atom is 0.224 e. The number of methoxy groups -OCH3 is 1. The summed E-state index contributed by atoms with van der Waals surface area (Å²) in [7, 11) is 1.57. The average Bonchev–Trinajstić information content (AvgIpc) is 2.37. The zero-order valence-corrected chi connectivity index (χ0v) is 11.7. The zero-order valence-electron chi connectivity index (χ0n) is 11.7. The molecule has 0 heterocycles. The van der Waals surface area contributed by atoms with Crippen molar-refractivity contribution in [2.75, 3.05) is 24.8 Å². The quantitative estimate of drug-likeness (QED) is 0.587. The summed E-state index contributed by atoms with van der Waals surface area (Å²) >= 11 is 0. The van der Waals surface area contributed by atoms with Crippen LogP contribution in [0.4, 0.5) is 11.4 Å². The fourth-order valence-electron chi connectivity index (χ4n) is 1.55. The number of rotatable bonds is 7. The SMILES string of the molecule is COc1ccc(NC(=O)CCCOC(C)C)c(N)c1. The van der Waals surface area contributed by atoms with E-state index in [1.165, 1.54) is 0 Å². The third kappa shape index (κ3) is 5.61. The number of nitrogen functional groups attached to an aromatic ring is 1. The third-order valence-electron chi connectivity index (χ3n) is 2.53. The number of hydrogen-bond acceptors (Lipinski definition) is 4. The molecular weight excluding hydrogens is 244 g/mol. The molecule has 1 rings (SSSR count). The minimum absolute atomic E-state index is 0.0655. The van der Waals surface area contributed by atoms with Crippen LogP contribution in [0.5, 0.6) is 5.75 Å². The highest BCUT2D eigenvalue weighted by Gasteiger charge is 2.06. The predicted molar refractivity (Wildman–Crippen MR) is 76.4 cm³/mol. The average molecular weight is 266 g/mol. The van der Waals surface area contributed by atoms with E-state index < -0.39 is 0 Å². The van der Waals surface area contributed by atoms with Gasteiger partial charge in [0.15, 0.2) is 0 Å². The van der Waals surface area contributed by atoms with E-state index in [1.54, 1.807) is 25.3 Å². The van der Waals surface area contributed by atoms with Gasteiger partial charge in [-0.25, -0.2) is 0 Å². The lowest BCUT2D eigenvalue weighted by Crippen LogP contribution is -2.14. The molecule has 0 aliphatic carbocycles. The van der Waals surface area contributed by atoms with Crippen molar-refractivity contribution < 1.29 is 14.3 Å². The van der Waals surface area contributed by atoms with Gasteiger partial charge < -0.3 is 20.5 Å². The fourth-order valence-corrected chi connectivity index (χ4v) is 1.55. The fraction of sp³-hybridized carbons (Fsp3) is 0.500. The van der Waals surface area contributed by atoms with Crippen LogP contribution >= 0.6 is 0 Å². The van der Waals surface area contributed by atoms with E-state index in [2.05, 4.69) is 5.32 Å². The number of hydrogen-bond donors (Lipinski definition) is 2. The summed E-state index contributed by atoms with van der Waals surface area (Å²) in [5.41, 5.74) is 6.92. The molecule has 0 aliphatic rings. The van der Waals surface area contributed by atoms with E-state index in [4.69, 9.17) is 15.2 Å². The molecule has 3 N–H and O–H groups in total. The van der Waals surface area contributed by atoms with Crippen molar-refractivity contribution in [1.29, 1.82) is 0 Å². The Morgan fingerprint density at radius 1 is 1.42 bits per heavy atom. The molecular formula is C14H22N2O3. The lowest BCUT2D eigenvalue weighted by molar-refractivity contribution is -0.116. The van der Waals surface area contributed by atoms with Crippen LogP contribution in [0, 0.1) is 0 Å². The maximum absolute atomic E-state index is 11.7. The van der Waals surface area contributed by atoms with Crippen molar-refractivity contribution in [3.05, 3.63) is 18.2 Å². The van der Waals surface area contributed by atoms with E-state index in [0.29, 0.717) is 36.6 Å². The molecule has 19 heavy (non-hydrogen) atoms. The number of carbonyl (C=O) groups is 1. The second-order valence-corrected chi connectivity index (χ2v) is 4.52. The second-order valence-electron chi connectivity index (χ2n) is 4.52. The summed E-state index contributed by atoms with van der Waals surface area (Å²) in [5, 5.41) is 2.77. The molecule has 5 nitrogen and oxygen atoms in total. The van der Waals surface area contributed by atoms with Crippen LogP contribution in [-0.2, 0) is 9.53 Å². The molecule has 1 amide bonds. The van der Waals surface area contributed by atoms with Gasteiger partial charge in [0, 0.05) is 19.1 Å². The van der Waals surface area contributed by atoms with Gasteiger partial charge in [0.2, 0.25) is 5.91 Å². The van der Waals surface area contributed by atoms with Gasteiger partial charge in [-0.3, -0.25) is 4.79 Å². The number of amides is 1. The third-order valence-corrected chi connectivity index (χ3v) is 2.53. The molecule has 0 aliphatic heterocycles. The Bertz CT molecular complexity index is 419. The van der Waals surface area contributed by atoms with E-state index in [9.17, 15) is 4.79 Å². The van der Waals surface area contributed by atoms with Crippen molar-refractivity contribution in [3.63, 3.8) is 0 Å². The van der Waals surface area contributed by atoms with E-state index in [1.807, 2.05) is 13.8 Å². The van der Waals surface area contributed by atoms with Gasteiger partial charge in [-0.1, -0.05) is 0 Å². The van der Waals surface area contributed by atoms with Crippen LogP contribution < -0.4 is 15.8 Å². The van der Waals surface area contributed by atoms with Crippen molar-refractivity contribution in [2.24, 2.45) is 0 Å². The molecule has 0 aromatic heterocycles. The van der Waals surface area contributed by atoms with Crippen molar-refractivity contribution in [3.8, 4) is 5.75 Å². The first kappa shape index (κ1) is 15.3. The zero-order chi connectivity index (χ0) is 14.3. The van der Waals surface area contributed by atoms with Gasteiger partial charge in [0.25, 0.3) is 0 Å². The number of nitrogens with one attached hydrogen (secondary N) is 1. The Hall–Kier alpha value is -1.75. The molecule has 0 saturated heterocycles. The molecule has 0 spiro atoms. The van der Waals surface area contributed by atoms with Crippen LogP contribution in [-0.4, -0.2) is 25.7 Å². The first-order valence-electron chi connectivity index (χ1n) is 6.38. The van der Waals surface area contributed by atoms with Crippen LogP contribution in [0.3, 0.4) is 0 Å². The van der Waals surface area contributed by atoms with Crippen molar-refractivity contribution in [2.45, 2.75) is 32.8 Å². The molecule has 0 unspecified atom stereocenters. The predicted octanol–water partition coefficient (Wildman–Crippen LogP) is 2.42. The molecule has 0 fully saturated rings. The molecule has 0 radical (unpaired) electrons. The highest BCUT2D eigenvalue weighted by molar-refractivity contribution is 5.93. The molecule has 5 heteroatoms. The number of anilines is 2. The Balaban J connectivity index is 2.40. The van der Waals surface area contributed by atoms with Gasteiger partial charge >= 0.3 is 0 Å². The summed E-state index contributed by atoms with van der Waals surface area (Å²) in [6.07, 6.45) is 1.30. The van der Waals surface area contributed by atoms with Gasteiger partial charge in [0.1, 0.15) is 5.75 Å². The lowest BCUT2D eigenvalue weighted by Gasteiger charge is -2.10. The number of benzene rings is 1. The maximum atomic E-state index is 11.7. The largest absolute Gasteiger partial charge is 0.497 e. The van der Waals surface area contributed by atoms with Crippen LogP contribution in [0.15, 0.2) is 18.2 Å². The first-order chi connectivity index (χ1) is 9.02. The number of ether oxygens (including phenoxy) is 2. The second kappa shape index (κ2) is 7.63. The summed E-state index contributed by atoms with van der Waals surface area (Å²) in [4.78, 5) is 11.7. The number of carbonyl (C=O) groups excluding carboxylic acids is 1. The normalized spacial score (nSPS) is 10.5. The standard InChI is InChI=1S/C14H22N2O3/c1-10(2)19-8-4-5-14(17)16-13-7-6-11(18-3)9-12(13)15/h6-7,9-10H,4-5,8,15H2,1-3H3,(H,16,17). The van der Waals surface area contributed by atoms with Gasteiger partial charge in [-0.05, 0) is 32.4 Å². The van der Waals surface area contributed by atoms with Crippen molar-refractivity contribution in [1.82, 2.24) is 0 Å². The Morgan fingerprint density at radius 2 is 2.16 bits per heavy atom. The minimum atomic E-state index is -0.0655. The highest BCUT2D eigenvalue weighted by atomic mass is 16.5. The molecule has 0 atom stereocenters. The molecule has 1 aromatic rings. The monoisotopic (exact) mass is 266 g/mol. The summed E-state index contributed by atoms with van der Waals surface area (Å²) < 4.78 is 10.4. The van der Waals surface area contributed by atoms with E-state index >= 15 is 0 Å². The lowest BCUT2D eigenvalue weighted by atomic mass is 10.2. The van der Waals surface area contributed by atoms with Crippen LogP contribution in [0.2, 0.25) is 0 Å². The summed E-state index contributed by atoms with van der Waals surface area (Å²) in [6.45, 7) is 4.53. The highest BCUT2D eigenvalue weighted by Crippen LogP contribution is 2.24. The molecule has 106 valence electrons. The number of nitrogens with two attached hydrogens (primary N) is 1. The Kier molecular flexibility index (Phi) is 6.15. The first-order valence-corrected chi connectivity index (χ1v) is 6.38. The summed E-state index contributed by atoms with van der Waals surface area (Å²) in [6, 6.07) is 5.17. The smallest absolute Gasteiger partial charge is 0.224 e. The van der Waals surface area contributed by atoms with Gasteiger partial charge in [-0.15, -0.1) is 0 Å². The Labute approximate surface area is 114 Å². The van der Waals surface area contributed by atoms with Gasteiger partial charge in [0.05, 0.1) is 24.6 Å². The van der Waals surface area contributed by atoms with Gasteiger partial charge in [-0.2, -0.15) is 0 Å². The van der Waals surface area contributed by atoms with Crippen LogP contribution in [0.1, 0.15) is 26.7 Å². The summed E-state index contributed by atoms with van der Waals surface area (Å²) in [5.74, 6) is 0.602. The Morgan fingerprint density at radius 3 is 2.74 bits per heavy atom. The van der Waals surface area contributed by atoms with E-state index in [0.717, 1.165) is 0 Å². The van der Waals surface area contributed by atoms with E-state index in [-0.39, 0.29) is 12.0 Å².